The Morgan fingerprint density at radius 2 is 2.25 bits per heavy atom. The van der Waals surface area contributed by atoms with Gasteiger partial charge in [-0.25, -0.2) is 0 Å². The maximum absolute atomic E-state index is 5.14. The largest absolute Gasteiger partial charge is 0.497 e. The van der Waals surface area contributed by atoms with Crippen LogP contribution >= 0.6 is 23.1 Å². The minimum absolute atomic E-state index is 0.789. The van der Waals surface area contributed by atoms with Crippen LogP contribution in [0.1, 0.15) is 0 Å². The molecule has 0 aliphatic heterocycles. The Morgan fingerprint density at radius 3 is 2.94 bits per heavy atom. The van der Waals surface area contributed by atoms with Crippen LogP contribution in [-0.4, -0.2) is 23.6 Å². The first kappa shape index (κ1) is 11.2. The monoisotopic (exact) mass is 253 g/mol. The second kappa shape index (κ2) is 5.18. The Bertz CT molecular complexity index is 473. The molecule has 0 saturated carbocycles. The van der Waals surface area contributed by atoms with E-state index in [-0.39, 0.29) is 0 Å². The Balaban J connectivity index is 2.13. The van der Waals surface area contributed by atoms with Gasteiger partial charge in [-0.1, -0.05) is 29.2 Å². The SMILES string of the molecule is COc1cccc(Nc2nnc(SC)s2)c1. The molecule has 2 rings (SSSR count). The smallest absolute Gasteiger partial charge is 0.210 e. The molecular formula is C10H11N3OS2. The molecule has 2 aromatic rings. The van der Waals surface area contributed by atoms with Gasteiger partial charge in [0.1, 0.15) is 5.75 Å². The molecule has 0 spiro atoms. The van der Waals surface area contributed by atoms with Crippen molar-refractivity contribution < 1.29 is 4.74 Å². The molecule has 0 saturated heterocycles. The number of thioether (sulfide) groups is 1. The molecule has 1 N–H and O–H groups in total. The number of hydrogen-bond donors (Lipinski definition) is 1. The number of nitrogens with one attached hydrogen (secondary N) is 1. The highest BCUT2D eigenvalue weighted by Crippen LogP contribution is 2.27. The summed E-state index contributed by atoms with van der Waals surface area (Å²) in [6, 6.07) is 7.71. The molecule has 1 aromatic carbocycles. The highest BCUT2D eigenvalue weighted by Gasteiger charge is 2.03. The van der Waals surface area contributed by atoms with Crippen molar-refractivity contribution in [3.63, 3.8) is 0 Å². The van der Waals surface area contributed by atoms with Crippen molar-refractivity contribution >= 4 is 33.9 Å². The zero-order chi connectivity index (χ0) is 11.4. The summed E-state index contributed by atoms with van der Waals surface area (Å²) in [5.74, 6) is 0.819. The Morgan fingerprint density at radius 1 is 1.38 bits per heavy atom. The number of ether oxygens (including phenoxy) is 1. The van der Waals surface area contributed by atoms with E-state index in [0.29, 0.717) is 0 Å². The number of anilines is 2. The first-order valence-corrected chi connectivity index (χ1v) is 6.64. The molecule has 84 valence electrons. The van der Waals surface area contributed by atoms with Crippen molar-refractivity contribution in [3.05, 3.63) is 24.3 Å². The second-order valence-corrected chi connectivity index (χ2v) is 4.97. The van der Waals surface area contributed by atoms with Crippen LogP contribution in [0.2, 0.25) is 0 Å². The maximum atomic E-state index is 5.14. The molecule has 0 atom stereocenters. The van der Waals surface area contributed by atoms with Crippen LogP contribution in [0.3, 0.4) is 0 Å². The molecule has 4 nitrogen and oxygen atoms in total. The van der Waals surface area contributed by atoms with Gasteiger partial charge in [-0.05, 0) is 18.4 Å². The topological polar surface area (TPSA) is 47.0 Å². The maximum Gasteiger partial charge on any atom is 0.210 e. The minimum Gasteiger partial charge on any atom is -0.497 e. The van der Waals surface area contributed by atoms with E-state index in [1.165, 1.54) is 11.3 Å². The number of methoxy groups -OCH3 is 1. The first-order valence-electron chi connectivity index (χ1n) is 4.60. The Kier molecular flexibility index (Phi) is 3.63. The van der Waals surface area contributed by atoms with Gasteiger partial charge < -0.3 is 10.1 Å². The quantitative estimate of drug-likeness (QED) is 0.849. The average molecular weight is 253 g/mol. The molecule has 1 heterocycles. The summed E-state index contributed by atoms with van der Waals surface area (Å²) in [6.45, 7) is 0. The van der Waals surface area contributed by atoms with E-state index in [1.807, 2.05) is 30.5 Å². The van der Waals surface area contributed by atoms with Crippen LogP contribution in [0, 0.1) is 0 Å². The van der Waals surface area contributed by atoms with E-state index in [0.717, 1.165) is 20.9 Å². The van der Waals surface area contributed by atoms with Crippen LogP contribution in [0.4, 0.5) is 10.8 Å². The number of aromatic nitrogens is 2. The summed E-state index contributed by atoms with van der Waals surface area (Å²) in [5, 5.41) is 12.0. The van der Waals surface area contributed by atoms with Gasteiger partial charge in [0.15, 0.2) is 4.34 Å². The highest BCUT2D eigenvalue weighted by molar-refractivity contribution is 8.00. The van der Waals surface area contributed by atoms with Crippen LogP contribution in [0.15, 0.2) is 28.6 Å². The number of benzene rings is 1. The lowest BCUT2D eigenvalue weighted by molar-refractivity contribution is 0.415. The predicted octanol–water partition coefficient (Wildman–Crippen LogP) is 3.01. The predicted molar refractivity (Wildman–Crippen MR) is 68.0 cm³/mol. The lowest BCUT2D eigenvalue weighted by Crippen LogP contribution is -1.90. The highest BCUT2D eigenvalue weighted by atomic mass is 32.2. The van der Waals surface area contributed by atoms with Crippen LogP contribution in [0.5, 0.6) is 5.75 Å². The zero-order valence-corrected chi connectivity index (χ0v) is 10.6. The van der Waals surface area contributed by atoms with Gasteiger partial charge in [0, 0.05) is 11.8 Å². The van der Waals surface area contributed by atoms with E-state index in [4.69, 9.17) is 4.74 Å². The first-order chi connectivity index (χ1) is 7.81. The molecule has 0 radical (unpaired) electrons. The van der Waals surface area contributed by atoms with Gasteiger partial charge in [0.05, 0.1) is 7.11 Å². The van der Waals surface area contributed by atoms with Gasteiger partial charge in [-0.3, -0.25) is 0 Å². The van der Waals surface area contributed by atoms with E-state index in [1.54, 1.807) is 18.9 Å². The average Bonchev–Trinajstić information content (AvgIpc) is 2.77. The summed E-state index contributed by atoms with van der Waals surface area (Å²) in [6.07, 6.45) is 1.98. The van der Waals surface area contributed by atoms with Crippen molar-refractivity contribution in [3.8, 4) is 5.75 Å². The van der Waals surface area contributed by atoms with Crippen LogP contribution < -0.4 is 10.1 Å². The normalized spacial score (nSPS) is 10.1. The molecule has 0 amide bonds. The standard InChI is InChI=1S/C10H11N3OS2/c1-14-8-5-3-4-7(6-8)11-9-12-13-10(15-2)16-9/h3-6H,1-2H3,(H,11,12). The summed E-state index contributed by atoms with van der Waals surface area (Å²) in [5.41, 5.74) is 0.947. The van der Waals surface area contributed by atoms with Gasteiger partial charge in [-0.15, -0.1) is 10.2 Å². The summed E-state index contributed by atoms with van der Waals surface area (Å²) < 4.78 is 6.09. The third-order valence-corrected chi connectivity index (χ3v) is 3.72. The molecule has 0 unspecified atom stereocenters. The van der Waals surface area contributed by atoms with E-state index >= 15 is 0 Å². The molecule has 0 bridgehead atoms. The van der Waals surface area contributed by atoms with E-state index < -0.39 is 0 Å². The Labute approximate surface area is 102 Å². The van der Waals surface area contributed by atoms with Crippen molar-refractivity contribution in [1.82, 2.24) is 10.2 Å². The number of nitrogens with zero attached hydrogens (tertiary/aromatic N) is 2. The zero-order valence-electron chi connectivity index (χ0n) is 8.93. The van der Waals surface area contributed by atoms with Crippen LogP contribution in [0.25, 0.3) is 0 Å². The molecule has 6 heteroatoms. The van der Waals surface area contributed by atoms with Crippen molar-refractivity contribution in [2.45, 2.75) is 4.34 Å². The number of rotatable bonds is 4. The van der Waals surface area contributed by atoms with Crippen molar-refractivity contribution in [2.24, 2.45) is 0 Å². The fourth-order valence-electron chi connectivity index (χ4n) is 1.17. The van der Waals surface area contributed by atoms with Gasteiger partial charge in [0.2, 0.25) is 5.13 Å². The molecule has 16 heavy (non-hydrogen) atoms. The second-order valence-electron chi connectivity index (χ2n) is 2.93. The summed E-state index contributed by atoms with van der Waals surface area (Å²) >= 11 is 3.12. The number of hydrogen-bond acceptors (Lipinski definition) is 6. The van der Waals surface area contributed by atoms with Crippen LogP contribution in [-0.2, 0) is 0 Å². The minimum atomic E-state index is 0.789. The molecule has 0 aliphatic carbocycles. The van der Waals surface area contributed by atoms with Gasteiger partial charge in [-0.2, -0.15) is 0 Å². The van der Waals surface area contributed by atoms with E-state index in [2.05, 4.69) is 15.5 Å². The molecular weight excluding hydrogens is 242 g/mol. The molecule has 1 aromatic heterocycles. The lowest BCUT2D eigenvalue weighted by atomic mass is 10.3. The molecule has 0 fully saturated rings. The fraction of sp³-hybridized carbons (Fsp3) is 0.200. The van der Waals surface area contributed by atoms with Crippen molar-refractivity contribution in [1.29, 1.82) is 0 Å². The van der Waals surface area contributed by atoms with E-state index in [9.17, 15) is 0 Å². The fourth-order valence-corrected chi connectivity index (χ4v) is 2.36. The van der Waals surface area contributed by atoms with Gasteiger partial charge in [0.25, 0.3) is 0 Å². The Hall–Kier alpha value is -1.27. The molecule has 0 aliphatic rings. The third-order valence-electron chi connectivity index (χ3n) is 1.90. The van der Waals surface area contributed by atoms with Crippen molar-refractivity contribution in [2.75, 3.05) is 18.7 Å². The third kappa shape index (κ3) is 2.65. The van der Waals surface area contributed by atoms with Gasteiger partial charge >= 0.3 is 0 Å². The summed E-state index contributed by atoms with van der Waals surface area (Å²) in [4.78, 5) is 0. The summed E-state index contributed by atoms with van der Waals surface area (Å²) in [7, 11) is 1.65. The lowest BCUT2D eigenvalue weighted by Gasteiger charge is -2.04.